The predicted molar refractivity (Wildman–Crippen MR) is 82.5 cm³/mol. The summed E-state index contributed by atoms with van der Waals surface area (Å²) in [4.78, 5) is 16.5. The molecule has 21 heavy (non-hydrogen) atoms. The maximum absolute atomic E-state index is 12.2. The first-order chi connectivity index (χ1) is 10.1. The summed E-state index contributed by atoms with van der Waals surface area (Å²) in [6, 6.07) is 14.4. The first-order valence-electron chi connectivity index (χ1n) is 6.59. The number of hydrogen-bond donors (Lipinski definition) is 2. The predicted octanol–water partition coefficient (Wildman–Crippen LogP) is 3.50. The molecule has 2 aromatic carbocycles. The van der Waals surface area contributed by atoms with Crippen molar-refractivity contribution in [3.8, 4) is 5.75 Å². The molecule has 2 N–H and O–H groups in total. The van der Waals surface area contributed by atoms with E-state index < -0.39 is 0 Å². The number of anilines is 1. The Labute approximate surface area is 122 Å². The summed E-state index contributed by atoms with van der Waals surface area (Å²) in [5.41, 5.74) is 2.69. The standard InChI is InChI=1S/C17H14N2O2/c1-11-8-13(6-7-16(11)20)17(21)19-14-9-12-4-2-3-5-15(12)18-10-14/h2-10,20H,1H3,(H,19,21). The van der Waals surface area contributed by atoms with Gasteiger partial charge in [0.1, 0.15) is 5.75 Å². The molecule has 0 fully saturated rings. The van der Waals surface area contributed by atoms with E-state index in [1.807, 2.05) is 30.3 Å². The minimum atomic E-state index is -0.227. The number of nitrogens with zero attached hydrogens (tertiary/aromatic N) is 1. The molecule has 0 aliphatic heterocycles. The molecule has 0 saturated heterocycles. The first-order valence-corrected chi connectivity index (χ1v) is 6.59. The van der Waals surface area contributed by atoms with Crippen LogP contribution in [0.1, 0.15) is 15.9 Å². The van der Waals surface area contributed by atoms with E-state index in [0.29, 0.717) is 16.8 Å². The van der Waals surface area contributed by atoms with Gasteiger partial charge in [0.25, 0.3) is 5.91 Å². The summed E-state index contributed by atoms with van der Waals surface area (Å²) in [5.74, 6) is -0.0471. The molecule has 0 saturated carbocycles. The lowest BCUT2D eigenvalue weighted by molar-refractivity contribution is 0.102. The van der Waals surface area contributed by atoms with Crippen LogP contribution in [-0.2, 0) is 0 Å². The van der Waals surface area contributed by atoms with Crippen molar-refractivity contribution in [1.29, 1.82) is 0 Å². The van der Waals surface area contributed by atoms with Gasteiger partial charge in [-0.1, -0.05) is 18.2 Å². The summed E-state index contributed by atoms with van der Waals surface area (Å²) in [6.07, 6.45) is 1.63. The maximum atomic E-state index is 12.2. The minimum absolute atomic E-state index is 0.180. The smallest absolute Gasteiger partial charge is 0.255 e. The average molecular weight is 278 g/mol. The topological polar surface area (TPSA) is 62.2 Å². The number of fused-ring (bicyclic) bond motifs is 1. The van der Waals surface area contributed by atoms with Crippen LogP contribution in [0.15, 0.2) is 54.7 Å². The van der Waals surface area contributed by atoms with Gasteiger partial charge in [-0.15, -0.1) is 0 Å². The molecule has 104 valence electrons. The molecule has 0 bridgehead atoms. The van der Waals surface area contributed by atoms with E-state index in [4.69, 9.17) is 0 Å². The Morgan fingerprint density at radius 3 is 2.76 bits per heavy atom. The second-order valence-electron chi connectivity index (χ2n) is 4.87. The highest BCUT2D eigenvalue weighted by atomic mass is 16.3. The molecule has 1 aromatic heterocycles. The van der Waals surface area contributed by atoms with Gasteiger partial charge in [-0.25, -0.2) is 0 Å². The fraction of sp³-hybridized carbons (Fsp3) is 0.0588. The fourth-order valence-corrected chi connectivity index (χ4v) is 2.14. The van der Waals surface area contributed by atoms with E-state index in [2.05, 4.69) is 10.3 Å². The average Bonchev–Trinajstić information content (AvgIpc) is 2.50. The molecule has 1 heterocycles. The SMILES string of the molecule is Cc1cc(C(=O)Nc2cnc3ccccc3c2)ccc1O. The minimum Gasteiger partial charge on any atom is -0.508 e. The van der Waals surface area contributed by atoms with E-state index in [1.54, 1.807) is 25.3 Å². The Morgan fingerprint density at radius 1 is 1.14 bits per heavy atom. The van der Waals surface area contributed by atoms with Gasteiger partial charge in [0.15, 0.2) is 0 Å². The van der Waals surface area contributed by atoms with E-state index in [0.717, 1.165) is 10.9 Å². The zero-order chi connectivity index (χ0) is 14.8. The number of carbonyl (C=O) groups excluding carboxylic acids is 1. The van der Waals surface area contributed by atoms with Crippen LogP contribution in [0.2, 0.25) is 0 Å². The van der Waals surface area contributed by atoms with E-state index in [-0.39, 0.29) is 11.7 Å². The van der Waals surface area contributed by atoms with Crippen molar-refractivity contribution in [3.05, 3.63) is 65.9 Å². The van der Waals surface area contributed by atoms with E-state index in [9.17, 15) is 9.90 Å². The van der Waals surface area contributed by atoms with Crippen LogP contribution in [0.4, 0.5) is 5.69 Å². The number of phenols is 1. The third-order valence-corrected chi connectivity index (χ3v) is 3.31. The summed E-state index contributed by atoms with van der Waals surface area (Å²) in [6.45, 7) is 1.75. The largest absolute Gasteiger partial charge is 0.508 e. The lowest BCUT2D eigenvalue weighted by atomic mass is 10.1. The second kappa shape index (κ2) is 5.25. The van der Waals surface area contributed by atoms with Crippen molar-refractivity contribution in [3.63, 3.8) is 0 Å². The number of carbonyl (C=O) groups is 1. The molecule has 4 nitrogen and oxygen atoms in total. The molecule has 0 radical (unpaired) electrons. The fourth-order valence-electron chi connectivity index (χ4n) is 2.14. The Balaban J connectivity index is 1.87. The number of rotatable bonds is 2. The molecule has 0 spiro atoms. The van der Waals surface area contributed by atoms with Crippen LogP contribution in [0.25, 0.3) is 10.9 Å². The number of aryl methyl sites for hydroxylation is 1. The van der Waals surface area contributed by atoms with Gasteiger partial charge in [0.2, 0.25) is 0 Å². The maximum Gasteiger partial charge on any atom is 0.255 e. The Bertz CT molecular complexity index is 828. The number of para-hydroxylation sites is 1. The molecule has 0 unspecified atom stereocenters. The zero-order valence-corrected chi connectivity index (χ0v) is 11.5. The van der Waals surface area contributed by atoms with Crippen molar-refractivity contribution in [2.45, 2.75) is 6.92 Å². The number of hydrogen-bond acceptors (Lipinski definition) is 3. The number of amides is 1. The number of phenolic OH excluding ortho intramolecular Hbond substituents is 1. The molecule has 1 amide bonds. The van der Waals surface area contributed by atoms with Gasteiger partial charge in [0.05, 0.1) is 17.4 Å². The molecule has 4 heteroatoms. The van der Waals surface area contributed by atoms with E-state index in [1.165, 1.54) is 6.07 Å². The Kier molecular flexibility index (Phi) is 3.28. The first kappa shape index (κ1) is 13.1. The zero-order valence-electron chi connectivity index (χ0n) is 11.5. The molecular formula is C17H14N2O2. The van der Waals surface area contributed by atoms with Gasteiger partial charge in [-0.05, 0) is 42.8 Å². The number of aromatic nitrogens is 1. The lowest BCUT2D eigenvalue weighted by Crippen LogP contribution is -2.12. The number of pyridine rings is 1. The normalized spacial score (nSPS) is 10.5. The summed E-state index contributed by atoms with van der Waals surface area (Å²) >= 11 is 0. The summed E-state index contributed by atoms with van der Waals surface area (Å²) in [5, 5.41) is 13.3. The van der Waals surface area contributed by atoms with Gasteiger partial charge in [-0.2, -0.15) is 0 Å². The molecule has 0 atom stereocenters. The van der Waals surface area contributed by atoms with Crippen LogP contribution < -0.4 is 5.32 Å². The van der Waals surface area contributed by atoms with Crippen molar-refractivity contribution >= 4 is 22.5 Å². The summed E-state index contributed by atoms with van der Waals surface area (Å²) in [7, 11) is 0. The number of nitrogens with one attached hydrogen (secondary N) is 1. The third kappa shape index (κ3) is 2.69. The third-order valence-electron chi connectivity index (χ3n) is 3.31. The van der Waals surface area contributed by atoms with Crippen molar-refractivity contribution in [1.82, 2.24) is 4.98 Å². The molecule has 0 aliphatic carbocycles. The molecule has 3 rings (SSSR count). The van der Waals surface area contributed by atoms with Gasteiger partial charge in [-0.3, -0.25) is 9.78 Å². The van der Waals surface area contributed by atoms with Gasteiger partial charge >= 0.3 is 0 Å². The lowest BCUT2D eigenvalue weighted by Gasteiger charge is -2.07. The second-order valence-corrected chi connectivity index (χ2v) is 4.87. The Hall–Kier alpha value is -2.88. The number of benzene rings is 2. The molecule has 3 aromatic rings. The number of aromatic hydroxyl groups is 1. The van der Waals surface area contributed by atoms with Crippen molar-refractivity contribution in [2.24, 2.45) is 0 Å². The van der Waals surface area contributed by atoms with Crippen LogP contribution in [0.5, 0.6) is 5.75 Å². The highest BCUT2D eigenvalue weighted by molar-refractivity contribution is 6.05. The summed E-state index contributed by atoms with van der Waals surface area (Å²) < 4.78 is 0. The quantitative estimate of drug-likeness (QED) is 0.754. The van der Waals surface area contributed by atoms with Gasteiger partial charge < -0.3 is 10.4 Å². The van der Waals surface area contributed by atoms with Crippen molar-refractivity contribution in [2.75, 3.05) is 5.32 Å². The van der Waals surface area contributed by atoms with Crippen LogP contribution in [0.3, 0.4) is 0 Å². The monoisotopic (exact) mass is 278 g/mol. The Morgan fingerprint density at radius 2 is 1.95 bits per heavy atom. The van der Waals surface area contributed by atoms with Crippen LogP contribution in [-0.4, -0.2) is 16.0 Å². The van der Waals surface area contributed by atoms with E-state index >= 15 is 0 Å². The molecular weight excluding hydrogens is 264 g/mol. The highest BCUT2D eigenvalue weighted by Gasteiger charge is 2.08. The van der Waals surface area contributed by atoms with Gasteiger partial charge in [0, 0.05) is 10.9 Å². The van der Waals surface area contributed by atoms with Crippen LogP contribution >= 0.6 is 0 Å². The van der Waals surface area contributed by atoms with Crippen LogP contribution in [0, 0.1) is 6.92 Å². The molecule has 0 aliphatic rings. The highest BCUT2D eigenvalue weighted by Crippen LogP contribution is 2.19. The van der Waals surface area contributed by atoms with Crippen molar-refractivity contribution < 1.29 is 9.90 Å².